The number of alkyl halides is 6. The van der Waals surface area contributed by atoms with Crippen molar-refractivity contribution < 1.29 is 40.6 Å². The second-order valence-electron chi connectivity index (χ2n) is 8.81. The van der Waals surface area contributed by atoms with Crippen molar-refractivity contribution in [3.63, 3.8) is 0 Å². The summed E-state index contributed by atoms with van der Waals surface area (Å²) in [6, 6.07) is 8.04. The van der Waals surface area contributed by atoms with Crippen LogP contribution in [0.4, 0.5) is 32.3 Å². The van der Waals surface area contributed by atoms with Gasteiger partial charge in [-0.15, -0.1) is 0 Å². The minimum Gasteiger partial charge on any atom is -0.496 e. The number of methoxy groups -OCH3 is 1. The van der Waals surface area contributed by atoms with Gasteiger partial charge in [0.05, 0.1) is 42.7 Å². The number of anilines is 1. The van der Waals surface area contributed by atoms with Gasteiger partial charge in [-0.1, -0.05) is 12.1 Å². The number of amides is 1. The maximum atomic E-state index is 13.5. The fraction of sp³-hybridized carbons (Fsp3) is 0.346. The monoisotopic (exact) mass is 554 g/mol. The van der Waals surface area contributed by atoms with Gasteiger partial charge in [0.1, 0.15) is 5.75 Å². The molecule has 7 nitrogen and oxygen atoms in total. The van der Waals surface area contributed by atoms with Crippen LogP contribution in [0.25, 0.3) is 11.3 Å². The number of rotatable bonds is 6. The molecule has 0 radical (unpaired) electrons. The van der Waals surface area contributed by atoms with Crippen LogP contribution >= 0.6 is 0 Å². The molecular weight excluding hydrogens is 530 g/mol. The van der Waals surface area contributed by atoms with Crippen molar-refractivity contribution in [3.8, 4) is 17.0 Å². The highest BCUT2D eigenvalue weighted by Gasteiger charge is 2.37. The fourth-order valence-electron chi connectivity index (χ4n) is 4.15. The van der Waals surface area contributed by atoms with Crippen LogP contribution in [-0.2, 0) is 23.6 Å². The molecule has 208 valence electrons. The van der Waals surface area contributed by atoms with Crippen molar-refractivity contribution in [2.24, 2.45) is 0 Å². The number of benzene rings is 2. The first kappa shape index (κ1) is 28.1. The first-order valence-electron chi connectivity index (χ1n) is 11.8. The molecule has 3 aromatic rings. The topological polar surface area (TPSA) is 67.8 Å². The molecule has 1 aliphatic heterocycles. The first-order chi connectivity index (χ1) is 18.4. The highest BCUT2D eigenvalue weighted by molar-refractivity contribution is 6.00. The average molecular weight is 554 g/mol. The quantitative estimate of drug-likeness (QED) is 0.386. The summed E-state index contributed by atoms with van der Waals surface area (Å²) in [5.74, 6) is 0.0510. The van der Waals surface area contributed by atoms with Crippen LogP contribution in [0.1, 0.15) is 27.0 Å². The van der Waals surface area contributed by atoms with Crippen LogP contribution in [0.15, 0.2) is 48.7 Å². The number of ether oxygens (including phenoxy) is 2. The molecule has 1 fully saturated rings. The van der Waals surface area contributed by atoms with E-state index in [0.29, 0.717) is 55.7 Å². The number of hydrogen-bond acceptors (Lipinski definition) is 6. The normalized spacial score (nSPS) is 14.3. The SMILES string of the molecule is COc1ccccc1-c1nc(N2CCOCC2)ncc1C(=O)N(C)Cc1cc(C(F)(F)F)cc(C(F)(F)F)c1. The van der Waals surface area contributed by atoms with E-state index in [-0.39, 0.29) is 22.9 Å². The molecular formula is C26H24F6N4O3. The van der Waals surface area contributed by atoms with E-state index in [1.807, 2.05) is 4.90 Å². The van der Waals surface area contributed by atoms with Gasteiger partial charge in [-0.05, 0) is 35.9 Å². The second kappa shape index (κ2) is 11.1. The van der Waals surface area contributed by atoms with Crippen LogP contribution in [-0.4, -0.2) is 61.2 Å². The predicted molar refractivity (Wildman–Crippen MR) is 129 cm³/mol. The van der Waals surface area contributed by atoms with Crippen molar-refractivity contribution in [2.75, 3.05) is 45.4 Å². The molecule has 2 heterocycles. The molecule has 1 aliphatic rings. The van der Waals surface area contributed by atoms with Gasteiger partial charge < -0.3 is 19.3 Å². The molecule has 0 saturated carbocycles. The smallest absolute Gasteiger partial charge is 0.416 e. The van der Waals surface area contributed by atoms with E-state index in [1.165, 1.54) is 20.4 Å². The lowest BCUT2D eigenvalue weighted by molar-refractivity contribution is -0.143. The highest BCUT2D eigenvalue weighted by atomic mass is 19.4. The molecule has 0 unspecified atom stereocenters. The number of carbonyl (C=O) groups is 1. The zero-order valence-corrected chi connectivity index (χ0v) is 20.9. The van der Waals surface area contributed by atoms with E-state index >= 15 is 0 Å². The summed E-state index contributed by atoms with van der Waals surface area (Å²) in [6.07, 6.45) is -8.71. The average Bonchev–Trinajstić information content (AvgIpc) is 2.91. The summed E-state index contributed by atoms with van der Waals surface area (Å²) >= 11 is 0. The van der Waals surface area contributed by atoms with Crippen LogP contribution in [0.2, 0.25) is 0 Å². The Morgan fingerprint density at radius 2 is 1.64 bits per heavy atom. The maximum absolute atomic E-state index is 13.5. The van der Waals surface area contributed by atoms with Gasteiger partial charge in [0.15, 0.2) is 0 Å². The highest BCUT2D eigenvalue weighted by Crippen LogP contribution is 2.37. The second-order valence-corrected chi connectivity index (χ2v) is 8.81. The predicted octanol–water partition coefficient (Wildman–Crippen LogP) is 5.30. The molecule has 13 heteroatoms. The number of aromatic nitrogens is 2. The molecule has 4 rings (SSSR count). The van der Waals surface area contributed by atoms with Crippen molar-refractivity contribution in [3.05, 3.63) is 70.9 Å². The lowest BCUT2D eigenvalue weighted by atomic mass is 10.0. The third kappa shape index (κ3) is 6.41. The molecule has 1 aromatic heterocycles. The Hall–Kier alpha value is -3.87. The summed E-state index contributed by atoms with van der Waals surface area (Å²) in [4.78, 5) is 25.3. The zero-order chi connectivity index (χ0) is 28.4. The van der Waals surface area contributed by atoms with Crippen molar-refractivity contribution in [2.45, 2.75) is 18.9 Å². The largest absolute Gasteiger partial charge is 0.496 e. The van der Waals surface area contributed by atoms with Crippen LogP contribution < -0.4 is 9.64 Å². The summed E-state index contributed by atoms with van der Waals surface area (Å²) in [7, 11) is 2.72. The molecule has 0 N–H and O–H groups in total. The Labute approximate surface area is 220 Å². The lowest BCUT2D eigenvalue weighted by Gasteiger charge is -2.27. The molecule has 0 aliphatic carbocycles. The Balaban J connectivity index is 1.73. The van der Waals surface area contributed by atoms with E-state index in [2.05, 4.69) is 9.97 Å². The van der Waals surface area contributed by atoms with E-state index in [4.69, 9.17) is 9.47 Å². The fourth-order valence-corrected chi connectivity index (χ4v) is 4.15. The van der Waals surface area contributed by atoms with Crippen LogP contribution in [0.5, 0.6) is 5.75 Å². The molecule has 0 bridgehead atoms. The van der Waals surface area contributed by atoms with Crippen molar-refractivity contribution >= 4 is 11.9 Å². The van der Waals surface area contributed by atoms with Gasteiger partial charge in [-0.3, -0.25) is 4.79 Å². The Morgan fingerprint density at radius 3 is 2.23 bits per heavy atom. The number of morpholine rings is 1. The molecule has 1 saturated heterocycles. The van der Waals surface area contributed by atoms with Gasteiger partial charge in [0, 0.05) is 38.4 Å². The van der Waals surface area contributed by atoms with E-state index in [1.54, 1.807) is 24.3 Å². The Kier molecular flexibility index (Phi) is 8.00. The van der Waals surface area contributed by atoms with Gasteiger partial charge in [0.2, 0.25) is 5.95 Å². The summed E-state index contributed by atoms with van der Waals surface area (Å²) in [5.41, 5.74) is -2.57. The zero-order valence-electron chi connectivity index (χ0n) is 20.9. The summed E-state index contributed by atoms with van der Waals surface area (Å²) in [5, 5.41) is 0. The third-order valence-electron chi connectivity index (χ3n) is 6.08. The first-order valence-corrected chi connectivity index (χ1v) is 11.8. The Bertz CT molecular complexity index is 1310. The van der Waals surface area contributed by atoms with Crippen LogP contribution in [0, 0.1) is 0 Å². The lowest BCUT2D eigenvalue weighted by Crippen LogP contribution is -2.37. The molecule has 0 atom stereocenters. The minimum atomic E-state index is -5.00. The maximum Gasteiger partial charge on any atom is 0.416 e. The number of carbonyl (C=O) groups excluding carboxylic acids is 1. The number of hydrogen-bond donors (Lipinski definition) is 0. The molecule has 0 spiro atoms. The number of para-hydroxylation sites is 1. The van der Waals surface area contributed by atoms with E-state index < -0.39 is 35.9 Å². The van der Waals surface area contributed by atoms with E-state index in [0.717, 1.165) is 4.90 Å². The molecule has 39 heavy (non-hydrogen) atoms. The van der Waals surface area contributed by atoms with Gasteiger partial charge in [0.25, 0.3) is 5.91 Å². The van der Waals surface area contributed by atoms with Crippen molar-refractivity contribution in [1.82, 2.24) is 14.9 Å². The molecule has 2 aromatic carbocycles. The van der Waals surface area contributed by atoms with Gasteiger partial charge in [-0.2, -0.15) is 26.3 Å². The van der Waals surface area contributed by atoms with Crippen molar-refractivity contribution in [1.29, 1.82) is 0 Å². The summed E-state index contributed by atoms with van der Waals surface area (Å²) < 4.78 is 90.7. The molecule has 1 amide bonds. The standard InChI is InChI=1S/C26H24F6N4O3/c1-35(15-16-11-17(25(27,28)29)13-18(12-16)26(30,31)32)23(37)20-14-33-24(36-7-9-39-10-8-36)34-22(20)19-5-3-4-6-21(19)38-2/h3-6,11-14H,7-10,15H2,1-2H3. The minimum absolute atomic E-state index is 0.00188. The third-order valence-corrected chi connectivity index (χ3v) is 6.08. The van der Waals surface area contributed by atoms with Gasteiger partial charge in [-0.25, -0.2) is 9.97 Å². The number of nitrogens with zero attached hydrogens (tertiary/aromatic N) is 4. The van der Waals surface area contributed by atoms with Gasteiger partial charge >= 0.3 is 12.4 Å². The Morgan fingerprint density at radius 1 is 1.03 bits per heavy atom. The number of halogens is 6. The van der Waals surface area contributed by atoms with E-state index in [9.17, 15) is 31.1 Å². The summed E-state index contributed by atoms with van der Waals surface area (Å²) in [6.45, 7) is 1.45. The van der Waals surface area contributed by atoms with Crippen LogP contribution in [0.3, 0.4) is 0 Å².